The standard InChI is InChI=1S/C41H65FN2O3S.C4H8.CH2O2.CH4O/c1-6-47-37(45)34-27-48(46)25-24-44(34)23-22-43-41-18-7-8-33(41)30-13-14-36-39(4,32(30)16-21-41)20-17-35-38(2,3)31(15-19-40(35,36)5)29-11-9-28(26-42)10-12-29;1-4(2)3;2-1-3;1-2/h11,15,28,30,32-36,43H,6-10,12-14,16-27H2,1-5H3;1H2,2-3H3;1H,(H,2,3);2H,1H3. The Hall–Kier alpha value is -1.88. The zero-order valence-corrected chi connectivity index (χ0v) is 37.7. The number of nitrogens with zero attached hydrogens (tertiary/aromatic N) is 1. The molecular weight excluding hydrogens is 740 g/mol. The minimum atomic E-state index is -0.938. The van der Waals surface area contributed by atoms with E-state index in [2.05, 4.69) is 56.6 Å². The third-order valence-corrected chi connectivity index (χ3v) is 17.3. The molecule has 0 amide bonds. The first-order valence-corrected chi connectivity index (χ1v) is 23.7. The van der Waals surface area contributed by atoms with Gasteiger partial charge in [0.05, 0.1) is 13.3 Å². The van der Waals surface area contributed by atoms with Gasteiger partial charge in [0.15, 0.2) is 0 Å². The lowest BCUT2D eigenvalue weighted by Gasteiger charge is -2.68. The van der Waals surface area contributed by atoms with Gasteiger partial charge < -0.3 is 20.3 Å². The second kappa shape index (κ2) is 20.6. The van der Waals surface area contributed by atoms with E-state index in [-0.39, 0.29) is 42.0 Å². The Labute approximate surface area is 347 Å². The van der Waals surface area contributed by atoms with Gasteiger partial charge in [-0.3, -0.25) is 23.1 Å². The number of halogens is 1. The van der Waals surface area contributed by atoms with Crippen LogP contribution in [-0.2, 0) is 25.1 Å². The Bertz CT molecular complexity index is 1460. The van der Waals surface area contributed by atoms with E-state index < -0.39 is 10.8 Å². The Morgan fingerprint density at radius 3 is 2.35 bits per heavy atom. The molecule has 3 N–H and O–H groups in total. The van der Waals surface area contributed by atoms with Crippen LogP contribution in [0, 0.1) is 51.8 Å². The Kier molecular flexibility index (Phi) is 17.3. The van der Waals surface area contributed by atoms with Crippen LogP contribution in [0.5, 0.6) is 0 Å². The minimum Gasteiger partial charge on any atom is -0.483 e. The quantitative estimate of drug-likeness (QED) is 0.126. The van der Waals surface area contributed by atoms with E-state index in [1.165, 1.54) is 75.4 Å². The Balaban J connectivity index is 0.000000733. The minimum absolute atomic E-state index is 0.173. The molecule has 7 rings (SSSR count). The number of carbonyl (C=O) groups is 2. The number of nitrogens with one attached hydrogen (secondary N) is 1. The molecule has 11 atom stereocenters. The molecule has 0 bridgehead atoms. The predicted octanol–water partition coefficient (Wildman–Crippen LogP) is 8.91. The molecule has 326 valence electrons. The fraction of sp³-hybridized carbons (Fsp3) is 0.830. The zero-order valence-electron chi connectivity index (χ0n) is 36.9. The molecule has 10 heteroatoms. The molecule has 1 saturated heterocycles. The lowest BCUT2D eigenvalue weighted by Crippen LogP contribution is -2.64. The van der Waals surface area contributed by atoms with Crippen LogP contribution in [-0.4, -0.2) is 94.9 Å². The summed E-state index contributed by atoms with van der Waals surface area (Å²) < 4.78 is 31.1. The first kappa shape index (κ1) is 47.8. The third-order valence-electron chi connectivity index (χ3n) is 16.0. The molecule has 11 unspecified atom stereocenters. The topological polar surface area (TPSA) is 116 Å². The largest absolute Gasteiger partial charge is 0.483 e. The number of allylic oxidation sites excluding steroid dienone is 5. The molecule has 0 aromatic rings. The van der Waals surface area contributed by atoms with Crippen molar-refractivity contribution < 1.29 is 33.1 Å². The number of hydrogen-bond donors (Lipinski definition) is 3. The van der Waals surface area contributed by atoms with Crippen molar-refractivity contribution in [1.29, 1.82) is 0 Å². The van der Waals surface area contributed by atoms with E-state index in [0.29, 0.717) is 41.4 Å². The van der Waals surface area contributed by atoms with Crippen LogP contribution in [0.2, 0.25) is 0 Å². The van der Waals surface area contributed by atoms with Gasteiger partial charge in [-0.2, -0.15) is 0 Å². The van der Waals surface area contributed by atoms with E-state index in [4.69, 9.17) is 19.7 Å². The van der Waals surface area contributed by atoms with Crippen molar-refractivity contribution in [3.05, 3.63) is 35.5 Å². The van der Waals surface area contributed by atoms with Crippen molar-refractivity contribution in [3.63, 3.8) is 0 Å². The van der Waals surface area contributed by atoms with E-state index in [1.807, 2.05) is 20.8 Å². The van der Waals surface area contributed by atoms with Gasteiger partial charge >= 0.3 is 5.97 Å². The summed E-state index contributed by atoms with van der Waals surface area (Å²) in [5.74, 6) is 4.97. The third kappa shape index (κ3) is 10.0. The van der Waals surface area contributed by atoms with Crippen LogP contribution < -0.4 is 5.32 Å². The average Bonchev–Trinajstić information content (AvgIpc) is 3.61. The monoisotopic (exact) mass is 819 g/mol. The number of carboxylic acid groups (broad SMARTS) is 1. The SMILES string of the molecule is C=C(C)C.CCOC(=O)C1CS(=O)CCN1CCNC12CCCC1C1CCC3C(C)(CCC4C(C)(C)C(C5=CCC(CF)CC5)=CCC43C)C1CC2.CO.O=CO. The van der Waals surface area contributed by atoms with Crippen LogP contribution in [0.25, 0.3) is 0 Å². The van der Waals surface area contributed by atoms with Gasteiger partial charge in [-0.1, -0.05) is 51.8 Å². The van der Waals surface area contributed by atoms with Gasteiger partial charge in [0, 0.05) is 54.6 Å². The van der Waals surface area contributed by atoms with Crippen LogP contribution in [0.1, 0.15) is 132 Å². The maximum absolute atomic E-state index is 13.4. The van der Waals surface area contributed by atoms with Crippen molar-refractivity contribution in [2.75, 3.05) is 51.5 Å². The normalized spacial score (nSPS) is 39.1. The number of hydrogen-bond acceptors (Lipinski definition) is 7. The number of alkyl halides is 1. The lowest BCUT2D eigenvalue weighted by atomic mass is 9.37. The number of carbonyl (C=O) groups excluding carboxylic acids is 1. The highest BCUT2D eigenvalue weighted by Crippen LogP contribution is 2.72. The van der Waals surface area contributed by atoms with Crippen LogP contribution in [0.15, 0.2) is 35.5 Å². The summed E-state index contributed by atoms with van der Waals surface area (Å²) in [5, 5.41) is 18.1. The second-order valence-electron chi connectivity index (χ2n) is 19.6. The number of rotatable bonds is 8. The van der Waals surface area contributed by atoms with E-state index >= 15 is 0 Å². The number of aliphatic hydroxyl groups is 1. The number of ether oxygens (including phenoxy) is 1. The molecule has 4 saturated carbocycles. The summed E-state index contributed by atoms with van der Waals surface area (Å²) >= 11 is 0. The summed E-state index contributed by atoms with van der Waals surface area (Å²) in [7, 11) is 0.0621. The van der Waals surface area contributed by atoms with Gasteiger partial charge in [0.2, 0.25) is 0 Å². The summed E-state index contributed by atoms with van der Waals surface area (Å²) in [5.41, 5.74) is 5.48. The fourth-order valence-electron chi connectivity index (χ4n) is 13.9. The summed E-state index contributed by atoms with van der Waals surface area (Å²) in [6.45, 7) is 22.2. The molecule has 7 aliphatic rings. The molecule has 0 radical (unpaired) electrons. The highest BCUT2D eigenvalue weighted by molar-refractivity contribution is 7.85. The summed E-state index contributed by atoms with van der Waals surface area (Å²) in [4.78, 5) is 23.3. The smallest absolute Gasteiger partial charge is 0.324 e. The van der Waals surface area contributed by atoms with Gasteiger partial charge in [-0.15, -0.1) is 6.58 Å². The van der Waals surface area contributed by atoms with E-state index in [9.17, 15) is 13.4 Å². The molecule has 8 nitrogen and oxygen atoms in total. The molecule has 0 aromatic carbocycles. The molecule has 6 aliphatic carbocycles. The molecule has 0 spiro atoms. The van der Waals surface area contributed by atoms with Crippen LogP contribution in [0.4, 0.5) is 4.39 Å². The van der Waals surface area contributed by atoms with Crippen molar-refractivity contribution in [2.45, 2.75) is 144 Å². The van der Waals surface area contributed by atoms with Crippen LogP contribution >= 0.6 is 0 Å². The highest BCUT2D eigenvalue weighted by Gasteiger charge is 2.65. The van der Waals surface area contributed by atoms with Crippen molar-refractivity contribution in [2.24, 2.45) is 51.8 Å². The second-order valence-corrected chi connectivity index (χ2v) is 21.2. The highest BCUT2D eigenvalue weighted by atomic mass is 32.2. The van der Waals surface area contributed by atoms with Gasteiger partial charge in [-0.25, -0.2) is 0 Å². The van der Waals surface area contributed by atoms with Crippen molar-refractivity contribution >= 4 is 23.2 Å². The number of aliphatic hydroxyl groups excluding tert-OH is 1. The van der Waals surface area contributed by atoms with Gasteiger partial charge in [-0.05, 0) is 161 Å². The van der Waals surface area contributed by atoms with Crippen LogP contribution in [0.3, 0.4) is 0 Å². The molecular formula is C47H79FN2O6S. The Morgan fingerprint density at radius 1 is 1.02 bits per heavy atom. The van der Waals surface area contributed by atoms with Crippen molar-refractivity contribution in [3.8, 4) is 0 Å². The molecule has 5 fully saturated rings. The van der Waals surface area contributed by atoms with Gasteiger partial charge in [0.1, 0.15) is 6.04 Å². The predicted molar refractivity (Wildman–Crippen MR) is 231 cm³/mol. The van der Waals surface area contributed by atoms with Crippen molar-refractivity contribution in [1.82, 2.24) is 10.2 Å². The molecule has 1 aliphatic heterocycles. The molecule has 1 heterocycles. The lowest BCUT2D eigenvalue weighted by molar-refractivity contribution is -0.175. The first-order chi connectivity index (χ1) is 27.1. The average molecular weight is 819 g/mol. The zero-order chi connectivity index (χ0) is 42.2. The maximum Gasteiger partial charge on any atom is 0.324 e. The maximum atomic E-state index is 13.4. The number of fused-ring (bicyclic) bond motifs is 7. The van der Waals surface area contributed by atoms with E-state index in [1.54, 1.807) is 5.57 Å². The first-order valence-electron chi connectivity index (χ1n) is 22.2. The van der Waals surface area contributed by atoms with E-state index in [0.717, 1.165) is 63.1 Å². The Morgan fingerprint density at radius 2 is 1.72 bits per heavy atom. The fourth-order valence-corrected chi connectivity index (χ4v) is 15.2. The summed E-state index contributed by atoms with van der Waals surface area (Å²) in [6.07, 6.45) is 21.4. The van der Waals surface area contributed by atoms with Gasteiger partial charge in [0.25, 0.3) is 6.47 Å². The molecule has 0 aromatic heterocycles. The molecule has 57 heavy (non-hydrogen) atoms. The number of esters is 1. The summed E-state index contributed by atoms with van der Waals surface area (Å²) in [6, 6.07) is -0.371.